The van der Waals surface area contributed by atoms with E-state index in [1.807, 2.05) is 19.1 Å². The number of likely N-dealkylation sites (N-methyl/N-ethyl adjacent to an activating group) is 1. The zero-order valence-corrected chi connectivity index (χ0v) is 21.3. The number of aromatic nitrogens is 4. The van der Waals surface area contributed by atoms with Crippen molar-refractivity contribution in [1.29, 1.82) is 0 Å². The molecule has 0 bridgehead atoms. The normalized spacial score (nSPS) is 14.9. The largest absolute Gasteiger partial charge is 0.437 e. The Kier molecular flexibility index (Phi) is 7.17. The van der Waals surface area contributed by atoms with Crippen molar-refractivity contribution in [2.75, 3.05) is 42.8 Å². The van der Waals surface area contributed by atoms with Crippen LogP contribution in [0.4, 0.5) is 11.6 Å². The highest BCUT2D eigenvalue weighted by Crippen LogP contribution is 2.39. The predicted octanol–water partition coefficient (Wildman–Crippen LogP) is 3.42. The van der Waals surface area contributed by atoms with E-state index < -0.39 is 10.0 Å². The summed E-state index contributed by atoms with van der Waals surface area (Å²) in [4.78, 5) is 12.8. The lowest BCUT2D eigenvalue weighted by Crippen LogP contribution is -2.44. The lowest BCUT2D eigenvalue weighted by atomic mass is 10.2. The summed E-state index contributed by atoms with van der Waals surface area (Å²) in [6.45, 7) is 5.44. The van der Waals surface area contributed by atoms with E-state index >= 15 is 0 Å². The van der Waals surface area contributed by atoms with Gasteiger partial charge < -0.3 is 14.5 Å². The number of hydrogen-bond acceptors (Lipinski definition) is 8. The molecule has 0 amide bonds. The van der Waals surface area contributed by atoms with Gasteiger partial charge in [0.25, 0.3) is 10.0 Å². The number of rotatable bonds is 7. The molecule has 1 N–H and O–H groups in total. The van der Waals surface area contributed by atoms with Gasteiger partial charge in [0.2, 0.25) is 11.8 Å². The lowest BCUT2D eigenvalue weighted by molar-refractivity contribution is 0.313. The molecule has 0 unspecified atom stereocenters. The molecule has 0 aliphatic carbocycles. The van der Waals surface area contributed by atoms with Crippen LogP contribution in [0, 0.1) is 0 Å². The zero-order valence-electron chi connectivity index (χ0n) is 19.0. The van der Waals surface area contributed by atoms with Crippen LogP contribution in [0.5, 0.6) is 11.6 Å². The second kappa shape index (κ2) is 9.95. The summed E-state index contributed by atoms with van der Waals surface area (Å²) in [7, 11) is -0.255. The third-order valence-corrected chi connectivity index (χ3v) is 7.46. The summed E-state index contributed by atoms with van der Waals surface area (Å²) in [5, 5.41) is 4.42. The van der Waals surface area contributed by atoms with Gasteiger partial charge in [0.05, 0.1) is 17.4 Å². The average molecular weight is 526 g/mol. The van der Waals surface area contributed by atoms with Gasteiger partial charge in [0, 0.05) is 39.4 Å². The number of piperazine rings is 1. The number of sulfonamides is 1. The average Bonchev–Trinajstić information content (AvgIpc) is 3.23. The molecule has 3 aromatic rings. The van der Waals surface area contributed by atoms with E-state index in [4.69, 9.17) is 27.9 Å². The summed E-state index contributed by atoms with van der Waals surface area (Å²) >= 11 is 13.1. The molecule has 0 spiro atoms. The number of anilines is 2. The summed E-state index contributed by atoms with van der Waals surface area (Å²) in [5.74, 6) is 0.305. The molecule has 0 atom stereocenters. The van der Waals surface area contributed by atoms with Gasteiger partial charge in [-0.15, -0.1) is 0 Å². The lowest BCUT2D eigenvalue weighted by Gasteiger charge is -2.34. The van der Waals surface area contributed by atoms with Gasteiger partial charge >= 0.3 is 0 Å². The van der Waals surface area contributed by atoms with Crippen LogP contribution < -0.4 is 14.4 Å². The third-order valence-electron chi connectivity index (χ3n) is 5.48. The highest BCUT2D eigenvalue weighted by molar-refractivity contribution is 7.92. The van der Waals surface area contributed by atoms with Crippen LogP contribution in [0.2, 0.25) is 10.2 Å². The molecule has 0 saturated carbocycles. The molecule has 1 aromatic carbocycles. The van der Waals surface area contributed by atoms with E-state index in [0.29, 0.717) is 22.8 Å². The number of halogens is 2. The number of aryl methyl sites for hydroxylation is 1. The minimum Gasteiger partial charge on any atom is -0.437 e. The number of ether oxygens (including phenoxy) is 1. The van der Waals surface area contributed by atoms with Crippen molar-refractivity contribution >= 4 is 44.9 Å². The highest BCUT2D eigenvalue weighted by Gasteiger charge is 2.23. The Hall–Kier alpha value is -2.60. The molecule has 10 nitrogen and oxygen atoms in total. The Bertz CT molecular complexity index is 1290. The Morgan fingerprint density at radius 3 is 2.50 bits per heavy atom. The summed E-state index contributed by atoms with van der Waals surface area (Å²) < 4.78 is 35.2. The quantitative estimate of drug-likeness (QED) is 0.467. The van der Waals surface area contributed by atoms with Gasteiger partial charge in [-0.3, -0.25) is 4.68 Å². The fourth-order valence-electron chi connectivity index (χ4n) is 3.55. The van der Waals surface area contributed by atoms with E-state index in [2.05, 4.69) is 36.6 Å². The van der Waals surface area contributed by atoms with Crippen LogP contribution in [-0.4, -0.2) is 66.3 Å². The van der Waals surface area contributed by atoms with Crippen molar-refractivity contribution in [2.24, 2.45) is 7.05 Å². The van der Waals surface area contributed by atoms with Crippen LogP contribution in [0.15, 0.2) is 35.5 Å². The molecular weight excluding hydrogens is 501 g/mol. The number of hydrogen-bond donors (Lipinski definition) is 1. The molecule has 0 radical (unpaired) electrons. The Morgan fingerprint density at radius 1 is 1.12 bits per heavy atom. The minimum atomic E-state index is -3.96. The second-order valence-corrected chi connectivity index (χ2v) is 10.3. The van der Waals surface area contributed by atoms with Crippen molar-refractivity contribution in [3.63, 3.8) is 0 Å². The maximum Gasteiger partial charge on any atom is 0.267 e. The fraction of sp³-hybridized carbons (Fsp3) is 0.381. The topological polar surface area (TPSA) is 105 Å². The first-order valence-electron chi connectivity index (χ1n) is 10.7. The first kappa shape index (κ1) is 24.5. The molecule has 34 heavy (non-hydrogen) atoms. The standard InChI is InChI=1S/C21H25Cl2N7O3S/c1-4-15-19(23)25-21(27-34(31,32)14-12-24-29(3)13-14)26-20(15)33-17-7-5-6-16(18(17)22)30-10-8-28(2)9-11-30/h5-7,12-13H,4,8-11H2,1-3H3,(H,25,26,27). The van der Waals surface area contributed by atoms with E-state index in [9.17, 15) is 8.42 Å². The maximum atomic E-state index is 12.7. The van der Waals surface area contributed by atoms with Crippen LogP contribution >= 0.6 is 23.2 Å². The molecule has 4 rings (SSSR count). The molecule has 3 heterocycles. The second-order valence-electron chi connectivity index (χ2n) is 7.91. The van der Waals surface area contributed by atoms with Gasteiger partial charge in [-0.25, -0.2) is 13.1 Å². The molecule has 1 aliphatic rings. The molecule has 1 aliphatic heterocycles. The van der Waals surface area contributed by atoms with Crippen molar-refractivity contribution < 1.29 is 13.2 Å². The fourth-order valence-corrected chi connectivity index (χ4v) is 5.06. The molecule has 2 aromatic heterocycles. The van der Waals surface area contributed by atoms with Crippen molar-refractivity contribution in [2.45, 2.75) is 18.2 Å². The Balaban J connectivity index is 1.64. The van der Waals surface area contributed by atoms with Crippen molar-refractivity contribution in [3.05, 3.63) is 46.3 Å². The minimum absolute atomic E-state index is 0.0281. The SMILES string of the molecule is CCc1c(Cl)nc(NS(=O)(=O)c2cnn(C)c2)nc1Oc1cccc(N2CCN(C)CC2)c1Cl. The number of nitrogens with zero attached hydrogens (tertiary/aromatic N) is 6. The van der Waals surface area contributed by atoms with Gasteiger partial charge in [0.15, 0.2) is 0 Å². The maximum absolute atomic E-state index is 12.7. The molecule has 182 valence electrons. The van der Waals surface area contributed by atoms with Gasteiger partial charge in [-0.05, 0) is 25.6 Å². The highest BCUT2D eigenvalue weighted by atomic mass is 35.5. The molecule has 13 heteroatoms. The zero-order chi connectivity index (χ0) is 24.5. The monoisotopic (exact) mass is 525 g/mol. The number of benzene rings is 1. The van der Waals surface area contributed by atoms with Crippen LogP contribution in [0.25, 0.3) is 0 Å². The van der Waals surface area contributed by atoms with Gasteiger partial charge in [-0.2, -0.15) is 15.1 Å². The van der Waals surface area contributed by atoms with Gasteiger partial charge in [-0.1, -0.05) is 36.2 Å². The molecule has 1 fully saturated rings. The summed E-state index contributed by atoms with van der Waals surface area (Å²) in [5.41, 5.74) is 1.40. The first-order valence-corrected chi connectivity index (χ1v) is 12.9. The van der Waals surface area contributed by atoms with E-state index in [0.717, 1.165) is 31.9 Å². The smallest absolute Gasteiger partial charge is 0.267 e. The molecular formula is C21H25Cl2N7O3S. The number of nitrogens with one attached hydrogen (secondary N) is 1. The van der Waals surface area contributed by atoms with Crippen LogP contribution in [-0.2, 0) is 23.5 Å². The Labute approximate surface area is 208 Å². The summed E-state index contributed by atoms with van der Waals surface area (Å²) in [6.07, 6.45) is 3.07. The van der Waals surface area contributed by atoms with Gasteiger partial charge in [0.1, 0.15) is 20.8 Å². The van der Waals surface area contributed by atoms with Crippen LogP contribution in [0.3, 0.4) is 0 Å². The van der Waals surface area contributed by atoms with Crippen LogP contribution in [0.1, 0.15) is 12.5 Å². The Morgan fingerprint density at radius 2 is 1.85 bits per heavy atom. The summed E-state index contributed by atoms with van der Waals surface area (Å²) in [6, 6.07) is 5.54. The van der Waals surface area contributed by atoms with E-state index in [-0.39, 0.29) is 21.9 Å². The van der Waals surface area contributed by atoms with Crippen molar-refractivity contribution in [1.82, 2.24) is 24.6 Å². The first-order chi connectivity index (χ1) is 16.2. The van der Waals surface area contributed by atoms with Crippen molar-refractivity contribution in [3.8, 4) is 11.6 Å². The van der Waals surface area contributed by atoms with E-state index in [1.54, 1.807) is 13.1 Å². The van der Waals surface area contributed by atoms with E-state index in [1.165, 1.54) is 17.1 Å². The predicted molar refractivity (Wildman–Crippen MR) is 132 cm³/mol. The third kappa shape index (κ3) is 5.22. The molecule has 1 saturated heterocycles.